The summed E-state index contributed by atoms with van der Waals surface area (Å²) in [6, 6.07) is 15.9. The molecule has 32 heavy (non-hydrogen) atoms. The molecule has 1 atom stereocenters. The van der Waals surface area contributed by atoms with E-state index >= 15 is 0 Å². The average Bonchev–Trinajstić information content (AvgIpc) is 3.48. The molecule has 0 radical (unpaired) electrons. The van der Waals surface area contributed by atoms with Crippen molar-refractivity contribution in [1.82, 2.24) is 14.9 Å². The molecule has 4 rings (SSSR count). The number of fused-ring (bicyclic) bond motifs is 1. The molecule has 1 aromatic heterocycles. The maximum Gasteiger partial charge on any atom is 0.249 e. The SMILES string of the molecule is COc1ccccc1OCCCCn1c(CCNC(=O)C2CCCO2)nc2ccccc21. The van der Waals surface area contributed by atoms with E-state index in [0.29, 0.717) is 26.2 Å². The number of nitrogens with zero attached hydrogens (tertiary/aromatic N) is 2. The van der Waals surface area contributed by atoms with Gasteiger partial charge in [0.2, 0.25) is 5.91 Å². The summed E-state index contributed by atoms with van der Waals surface area (Å²) >= 11 is 0. The fourth-order valence-corrected chi connectivity index (χ4v) is 4.05. The topological polar surface area (TPSA) is 74.6 Å². The molecule has 1 fully saturated rings. The molecule has 0 spiro atoms. The summed E-state index contributed by atoms with van der Waals surface area (Å²) in [7, 11) is 1.65. The predicted octanol–water partition coefficient (Wildman–Crippen LogP) is 3.74. The number of rotatable bonds is 11. The van der Waals surface area contributed by atoms with Crippen molar-refractivity contribution in [3.8, 4) is 11.5 Å². The number of aryl methyl sites for hydroxylation is 1. The largest absolute Gasteiger partial charge is 0.493 e. The lowest BCUT2D eigenvalue weighted by molar-refractivity contribution is -0.130. The third-order valence-electron chi connectivity index (χ3n) is 5.71. The van der Waals surface area contributed by atoms with Gasteiger partial charge >= 0.3 is 0 Å². The summed E-state index contributed by atoms with van der Waals surface area (Å²) in [5.74, 6) is 2.49. The van der Waals surface area contributed by atoms with Gasteiger partial charge in [-0.2, -0.15) is 0 Å². The highest BCUT2D eigenvalue weighted by atomic mass is 16.5. The van der Waals surface area contributed by atoms with E-state index in [1.165, 1.54) is 0 Å². The van der Waals surface area contributed by atoms with Crippen LogP contribution in [0.2, 0.25) is 0 Å². The lowest BCUT2D eigenvalue weighted by Gasteiger charge is -2.13. The number of carbonyl (C=O) groups is 1. The smallest absolute Gasteiger partial charge is 0.249 e. The van der Waals surface area contributed by atoms with Gasteiger partial charge in [-0.05, 0) is 49.9 Å². The van der Waals surface area contributed by atoms with E-state index in [2.05, 4.69) is 16.0 Å². The van der Waals surface area contributed by atoms with Crippen LogP contribution in [0.25, 0.3) is 11.0 Å². The predicted molar refractivity (Wildman–Crippen MR) is 123 cm³/mol. The van der Waals surface area contributed by atoms with Gasteiger partial charge in [-0.15, -0.1) is 0 Å². The monoisotopic (exact) mass is 437 g/mol. The number of carbonyl (C=O) groups excluding carboxylic acids is 1. The van der Waals surface area contributed by atoms with Gasteiger partial charge in [0.25, 0.3) is 0 Å². The van der Waals surface area contributed by atoms with Crippen LogP contribution in [0.1, 0.15) is 31.5 Å². The summed E-state index contributed by atoms with van der Waals surface area (Å²) in [6.45, 7) is 2.71. The number of unbranched alkanes of at least 4 members (excludes halogenated alkanes) is 1. The number of aromatic nitrogens is 2. The number of para-hydroxylation sites is 4. The van der Waals surface area contributed by atoms with Crippen molar-refractivity contribution in [1.29, 1.82) is 0 Å². The molecule has 3 aromatic rings. The Labute approximate surface area is 188 Å². The van der Waals surface area contributed by atoms with Crippen LogP contribution in [0.5, 0.6) is 11.5 Å². The molecule has 7 heteroatoms. The van der Waals surface area contributed by atoms with Gasteiger partial charge < -0.3 is 24.1 Å². The number of benzene rings is 2. The molecule has 1 amide bonds. The van der Waals surface area contributed by atoms with Gasteiger partial charge in [0.1, 0.15) is 11.9 Å². The second-order valence-electron chi connectivity index (χ2n) is 7.92. The van der Waals surface area contributed by atoms with Gasteiger partial charge in [0.15, 0.2) is 11.5 Å². The number of amides is 1. The third-order valence-corrected chi connectivity index (χ3v) is 5.71. The first-order chi connectivity index (χ1) is 15.8. The molecule has 0 aliphatic carbocycles. The summed E-state index contributed by atoms with van der Waals surface area (Å²) in [4.78, 5) is 17.0. The van der Waals surface area contributed by atoms with E-state index in [4.69, 9.17) is 19.2 Å². The van der Waals surface area contributed by atoms with Crippen molar-refractivity contribution in [2.45, 2.75) is 44.8 Å². The molecule has 2 heterocycles. The fraction of sp³-hybridized carbons (Fsp3) is 0.440. The zero-order chi connectivity index (χ0) is 22.2. The van der Waals surface area contributed by atoms with E-state index in [1.807, 2.05) is 42.5 Å². The first-order valence-electron chi connectivity index (χ1n) is 11.4. The molecule has 0 bridgehead atoms. The Morgan fingerprint density at radius 2 is 1.97 bits per heavy atom. The van der Waals surface area contributed by atoms with Gasteiger partial charge in [0.05, 0.1) is 24.8 Å². The number of hydrogen-bond acceptors (Lipinski definition) is 5. The Morgan fingerprint density at radius 3 is 2.78 bits per heavy atom. The number of methoxy groups -OCH3 is 1. The summed E-state index contributed by atoms with van der Waals surface area (Å²) in [5.41, 5.74) is 2.11. The average molecular weight is 438 g/mol. The zero-order valence-electron chi connectivity index (χ0n) is 18.6. The van der Waals surface area contributed by atoms with E-state index in [-0.39, 0.29) is 12.0 Å². The van der Waals surface area contributed by atoms with Gasteiger partial charge in [0, 0.05) is 26.1 Å². The van der Waals surface area contributed by atoms with Crippen molar-refractivity contribution in [3.05, 3.63) is 54.4 Å². The molecule has 1 N–H and O–H groups in total. The molecule has 1 aliphatic rings. The number of ether oxygens (including phenoxy) is 3. The van der Waals surface area contributed by atoms with Crippen LogP contribution in [-0.4, -0.2) is 48.4 Å². The van der Waals surface area contributed by atoms with Crippen molar-refractivity contribution >= 4 is 16.9 Å². The molecule has 7 nitrogen and oxygen atoms in total. The van der Waals surface area contributed by atoms with Crippen LogP contribution >= 0.6 is 0 Å². The van der Waals surface area contributed by atoms with Crippen LogP contribution in [0.3, 0.4) is 0 Å². The van der Waals surface area contributed by atoms with E-state index in [0.717, 1.165) is 60.6 Å². The molecule has 1 saturated heterocycles. The fourth-order valence-electron chi connectivity index (χ4n) is 4.05. The molecule has 1 unspecified atom stereocenters. The van der Waals surface area contributed by atoms with Gasteiger partial charge in [-0.1, -0.05) is 24.3 Å². The first-order valence-corrected chi connectivity index (χ1v) is 11.4. The highest BCUT2D eigenvalue weighted by Crippen LogP contribution is 2.26. The van der Waals surface area contributed by atoms with Gasteiger partial charge in [-0.3, -0.25) is 4.79 Å². The molecular formula is C25H31N3O4. The quantitative estimate of drug-likeness (QED) is 0.463. The lowest BCUT2D eigenvalue weighted by Crippen LogP contribution is -2.35. The summed E-state index contributed by atoms with van der Waals surface area (Å²) in [6.07, 6.45) is 4.03. The maximum absolute atomic E-state index is 12.2. The molecule has 1 aliphatic heterocycles. The standard InChI is InChI=1S/C25H31N3O4/c1-30-21-11-4-5-12-22(21)31-17-7-6-16-28-20-10-3-2-9-19(20)27-24(28)14-15-26-25(29)23-13-8-18-32-23/h2-5,9-12,23H,6-8,13-18H2,1H3,(H,26,29). The second-order valence-corrected chi connectivity index (χ2v) is 7.92. The number of imidazole rings is 1. The Balaban J connectivity index is 1.31. The summed E-state index contributed by atoms with van der Waals surface area (Å²) < 4.78 is 19.0. The normalized spacial score (nSPS) is 15.7. The number of hydrogen-bond donors (Lipinski definition) is 1. The lowest BCUT2D eigenvalue weighted by atomic mass is 10.2. The Kier molecular flexibility index (Phi) is 7.61. The minimum absolute atomic E-state index is 0.0151. The van der Waals surface area contributed by atoms with E-state index in [1.54, 1.807) is 7.11 Å². The van der Waals surface area contributed by atoms with Crippen LogP contribution in [-0.2, 0) is 22.5 Å². The molecule has 170 valence electrons. The number of nitrogens with one attached hydrogen (secondary N) is 1. The Hall–Kier alpha value is -3.06. The molecule has 0 saturated carbocycles. The van der Waals surface area contributed by atoms with Gasteiger partial charge in [-0.25, -0.2) is 4.98 Å². The minimum atomic E-state index is -0.294. The van der Waals surface area contributed by atoms with Crippen molar-refractivity contribution in [3.63, 3.8) is 0 Å². The maximum atomic E-state index is 12.2. The highest BCUT2D eigenvalue weighted by Gasteiger charge is 2.23. The zero-order valence-corrected chi connectivity index (χ0v) is 18.6. The minimum Gasteiger partial charge on any atom is -0.493 e. The highest BCUT2D eigenvalue weighted by molar-refractivity contribution is 5.81. The van der Waals surface area contributed by atoms with Crippen LogP contribution in [0, 0.1) is 0 Å². The third kappa shape index (κ3) is 5.40. The summed E-state index contributed by atoms with van der Waals surface area (Å²) in [5, 5.41) is 3.00. The molecular weight excluding hydrogens is 406 g/mol. The van der Waals surface area contributed by atoms with Crippen LogP contribution in [0.4, 0.5) is 0 Å². The van der Waals surface area contributed by atoms with Crippen molar-refractivity contribution in [2.75, 3.05) is 26.9 Å². The van der Waals surface area contributed by atoms with Crippen LogP contribution in [0.15, 0.2) is 48.5 Å². The van der Waals surface area contributed by atoms with Crippen LogP contribution < -0.4 is 14.8 Å². The van der Waals surface area contributed by atoms with E-state index < -0.39 is 0 Å². The Bertz CT molecular complexity index is 1030. The molecule has 2 aromatic carbocycles. The second kappa shape index (κ2) is 11.0. The van der Waals surface area contributed by atoms with E-state index in [9.17, 15) is 4.79 Å². The van der Waals surface area contributed by atoms with Crippen molar-refractivity contribution in [2.24, 2.45) is 0 Å². The Morgan fingerprint density at radius 1 is 1.16 bits per heavy atom. The first kappa shape index (κ1) is 22.1. The van der Waals surface area contributed by atoms with Crippen molar-refractivity contribution < 1.29 is 19.0 Å².